The van der Waals surface area contributed by atoms with Crippen molar-refractivity contribution in [3.63, 3.8) is 0 Å². The van der Waals surface area contributed by atoms with Crippen molar-refractivity contribution in [1.29, 1.82) is 0 Å². The first-order valence-electron chi connectivity index (χ1n) is 5.82. The fourth-order valence-corrected chi connectivity index (χ4v) is 2.06. The number of rotatable bonds is 1. The van der Waals surface area contributed by atoms with Crippen LogP contribution in [-0.4, -0.2) is 4.74 Å². The highest BCUT2D eigenvalue weighted by Gasteiger charge is 2.07. The van der Waals surface area contributed by atoms with Gasteiger partial charge in [-0.15, -0.1) is 0 Å². The minimum absolute atomic E-state index is 0.0968. The number of benzene rings is 2. The van der Waals surface area contributed by atoms with Crippen LogP contribution in [0.2, 0.25) is 0 Å². The SMILES string of the molecule is Cc1ccc(-c2ccc3c(=O)n(C)oc3c2)cc1. The summed E-state index contributed by atoms with van der Waals surface area (Å²) in [5, 5.41) is 0.619. The minimum Gasteiger partial charge on any atom is -0.376 e. The van der Waals surface area contributed by atoms with E-state index in [2.05, 4.69) is 31.2 Å². The molecule has 0 saturated heterocycles. The summed E-state index contributed by atoms with van der Waals surface area (Å²) in [6, 6.07) is 13.9. The van der Waals surface area contributed by atoms with Gasteiger partial charge in [-0.25, -0.2) is 0 Å². The zero-order valence-corrected chi connectivity index (χ0v) is 10.3. The lowest BCUT2D eigenvalue weighted by molar-refractivity contribution is 0.324. The summed E-state index contributed by atoms with van der Waals surface area (Å²) in [7, 11) is 1.62. The van der Waals surface area contributed by atoms with E-state index in [1.165, 1.54) is 10.3 Å². The van der Waals surface area contributed by atoms with Crippen molar-refractivity contribution >= 4 is 11.0 Å². The van der Waals surface area contributed by atoms with E-state index in [-0.39, 0.29) is 5.56 Å². The van der Waals surface area contributed by atoms with Crippen LogP contribution in [0.15, 0.2) is 51.8 Å². The Hall–Kier alpha value is -2.29. The highest BCUT2D eigenvalue weighted by Crippen LogP contribution is 2.23. The molecule has 2 aromatic carbocycles. The number of nitrogens with zero attached hydrogens (tertiary/aromatic N) is 1. The van der Waals surface area contributed by atoms with Crippen LogP contribution in [0.25, 0.3) is 22.1 Å². The molecule has 0 saturated carbocycles. The van der Waals surface area contributed by atoms with Crippen molar-refractivity contribution in [2.75, 3.05) is 0 Å². The normalized spacial score (nSPS) is 11.0. The second-order valence-corrected chi connectivity index (χ2v) is 4.47. The second-order valence-electron chi connectivity index (χ2n) is 4.47. The molecule has 18 heavy (non-hydrogen) atoms. The number of aryl methyl sites for hydroxylation is 2. The average molecular weight is 239 g/mol. The summed E-state index contributed by atoms with van der Waals surface area (Å²) >= 11 is 0. The van der Waals surface area contributed by atoms with Crippen LogP contribution in [0, 0.1) is 6.92 Å². The minimum atomic E-state index is -0.0968. The first kappa shape index (κ1) is 10.8. The van der Waals surface area contributed by atoms with Crippen LogP contribution < -0.4 is 5.56 Å². The lowest BCUT2D eigenvalue weighted by atomic mass is 10.0. The third kappa shape index (κ3) is 1.64. The lowest BCUT2D eigenvalue weighted by Gasteiger charge is -2.01. The Bertz CT molecular complexity index is 763. The largest absolute Gasteiger partial charge is 0.376 e. The van der Waals surface area contributed by atoms with Crippen molar-refractivity contribution < 1.29 is 4.52 Å². The summed E-state index contributed by atoms with van der Waals surface area (Å²) < 4.78 is 6.64. The standard InChI is InChI=1S/C15H13NO2/c1-10-3-5-11(6-4-10)12-7-8-13-14(9-12)18-16(2)15(13)17/h3-9H,1-2H3. The van der Waals surface area contributed by atoms with Crippen LogP contribution in [0.3, 0.4) is 0 Å². The van der Waals surface area contributed by atoms with Gasteiger partial charge in [-0.2, -0.15) is 4.74 Å². The smallest absolute Gasteiger partial charge is 0.290 e. The Morgan fingerprint density at radius 3 is 2.39 bits per heavy atom. The van der Waals surface area contributed by atoms with Crippen LogP contribution in [0.5, 0.6) is 0 Å². The van der Waals surface area contributed by atoms with Crippen molar-refractivity contribution in [2.45, 2.75) is 6.92 Å². The van der Waals surface area contributed by atoms with E-state index < -0.39 is 0 Å². The molecule has 0 fully saturated rings. The first-order valence-corrected chi connectivity index (χ1v) is 5.82. The molecule has 0 amide bonds. The van der Waals surface area contributed by atoms with E-state index in [0.717, 1.165) is 11.1 Å². The molecule has 0 atom stereocenters. The van der Waals surface area contributed by atoms with E-state index >= 15 is 0 Å². The molecule has 0 aliphatic heterocycles. The molecule has 0 spiro atoms. The molecule has 3 rings (SSSR count). The Labute approximate surface area is 104 Å². The Morgan fingerprint density at radius 1 is 1.00 bits per heavy atom. The third-order valence-electron chi connectivity index (χ3n) is 3.12. The lowest BCUT2D eigenvalue weighted by Crippen LogP contribution is -2.08. The van der Waals surface area contributed by atoms with Gasteiger partial charge in [-0.3, -0.25) is 4.79 Å². The van der Waals surface area contributed by atoms with Gasteiger partial charge in [0.2, 0.25) is 0 Å². The van der Waals surface area contributed by atoms with Gasteiger partial charge in [0.25, 0.3) is 5.56 Å². The summed E-state index contributed by atoms with van der Waals surface area (Å²) in [5.41, 5.74) is 3.93. The molecular formula is C15H13NO2. The van der Waals surface area contributed by atoms with Crippen LogP contribution in [0.1, 0.15) is 5.56 Å². The molecule has 3 aromatic rings. The molecule has 0 radical (unpaired) electrons. The number of hydrogen-bond donors (Lipinski definition) is 0. The Balaban J connectivity index is 2.19. The van der Waals surface area contributed by atoms with Gasteiger partial charge in [-0.05, 0) is 30.2 Å². The predicted octanol–water partition coefficient (Wildman–Crippen LogP) is 3.11. The van der Waals surface area contributed by atoms with Crippen LogP contribution in [-0.2, 0) is 7.05 Å². The van der Waals surface area contributed by atoms with Crippen molar-refractivity contribution in [1.82, 2.24) is 4.74 Å². The van der Waals surface area contributed by atoms with E-state index in [4.69, 9.17) is 4.52 Å². The fourth-order valence-electron chi connectivity index (χ4n) is 2.06. The molecule has 0 aliphatic rings. The number of hydrogen-bond acceptors (Lipinski definition) is 2. The van der Waals surface area contributed by atoms with Crippen molar-refractivity contribution in [3.05, 3.63) is 58.4 Å². The zero-order valence-electron chi connectivity index (χ0n) is 10.3. The van der Waals surface area contributed by atoms with Gasteiger partial charge in [-0.1, -0.05) is 35.9 Å². The first-order chi connectivity index (χ1) is 8.65. The summed E-state index contributed by atoms with van der Waals surface area (Å²) in [5.74, 6) is 0. The summed E-state index contributed by atoms with van der Waals surface area (Å²) in [6.45, 7) is 2.06. The van der Waals surface area contributed by atoms with E-state index in [9.17, 15) is 4.79 Å². The van der Waals surface area contributed by atoms with Gasteiger partial charge in [0.1, 0.15) is 0 Å². The quantitative estimate of drug-likeness (QED) is 0.654. The van der Waals surface area contributed by atoms with E-state index in [1.54, 1.807) is 7.05 Å². The van der Waals surface area contributed by atoms with Gasteiger partial charge < -0.3 is 4.52 Å². The maximum Gasteiger partial charge on any atom is 0.290 e. The Kier molecular flexibility index (Phi) is 2.33. The molecule has 1 aromatic heterocycles. The van der Waals surface area contributed by atoms with Gasteiger partial charge >= 0.3 is 0 Å². The molecule has 90 valence electrons. The van der Waals surface area contributed by atoms with E-state index in [0.29, 0.717) is 11.0 Å². The fraction of sp³-hybridized carbons (Fsp3) is 0.133. The molecular weight excluding hydrogens is 226 g/mol. The predicted molar refractivity (Wildman–Crippen MR) is 71.6 cm³/mol. The van der Waals surface area contributed by atoms with Crippen molar-refractivity contribution in [2.24, 2.45) is 7.05 Å². The van der Waals surface area contributed by atoms with E-state index in [1.807, 2.05) is 18.2 Å². The Morgan fingerprint density at radius 2 is 1.67 bits per heavy atom. The maximum absolute atomic E-state index is 11.7. The zero-order chi connectivity index (χ0) is 12.7. The second kappa shape index (κ2) is 3.88. The van der Waals surface area contributed by atoms with Crippen LogP contribution >= 0.6 is 0 Å². The number of aromatic nitrogens is 1. The molecule has 1 heterocycles. The van der Waals surface area contributed by atoms with Crippen molar-refractivity contribution in [3.8, 4) is 11.1 Å². The van der Waals surface area contributed by atoms with Gasteiger partial charge in [0.05, 0.1) is 5.39 Å². The molecule has 0 bridgehead atoms. The maximum atomic E-state index is 11.7. The average Bonchev–Trinajstić information content (AvgIpc) is 2.65. The highest BCUT2D eigenvalue weighted by atomic mass is 16.5. The molecule has 0 N–H and O–H groups in total. The van der Waals surface area contributed by atoms with Gasteiger partial charge in [0.15, 0.2) is 5.58 Å². The molecule has 3 heteroatoms. The van der Waals surface area contributed by atoms with Gasteiger partial charge in [0, 0.05) is 7.05 Å². The molecule has 0 unspecified atom stereocenters. The summed E-state index contributed by atoms with van der Waals surface area (Å²) in [4.78, 5) is 11.7. The highest BCUT2D eigenvalue weighted by molar-refractivity contribution is 5.82. The molecule has 0 aliphatic carbocycles. The monoisotopic (exact) mass is 239 g/mol. The third-order valence-corrected chi connectivity index (χ3v) is 3.12. The molecule has 3 nitrogen and oxygen atoms in total. The van der Waals surface area contributed by atoms with Crippen LogP contribution in [0.4, 0.5) is 0 Å². The summed E-state index contributed by atoms with van der Waals surface area (Å²) in [6.07, 6.45) is 0. The number of fused-ring (bicyclic) bond motifs is 1. The topological polar surface area (TPSA) is 35.1 Å².